The van der Waals surface area contributed by atoms with Gasteiger partial charge in [-0.3, -0.25) is 9.36 Å². The van der Waals surface area contributed by atoms with Gasteiger partial charge >= 0.3 is 0 Å². The lowest BCUT2D eigenvalue weighted by atomic mass is 9.97. The van der Waals surface area contributed by atoms with Gasteiger partial charge in [-0.1, -0.05) is 23.7 Å². The van der Waals surface area contributed by atoms with Crippen molar-refractivity contribution >= 4 is 39.1 Å². The zero-order valence-electron chi connectivity index (χ0n) is 14.1. The predicted octanol–water partition coefficient (Wildman–Crippen LogP) is 4.18. The molecule has 25 heavy (non-hydrogen) atoms. The van der Waals surface area contributed by atoms with Crippen molar-refractivity contribution in [3.05, 3.63) is 55.6 Å². The Morgan fingerprint density at radius 2 is 2.16 bits per heavy atom. The summed E-state index contributed by atoms with van der Waals surface area (Å²) in [5, 5.41) is 4.89. The van der Waals surface area contributed by atoms with Crippen LogP contribution < -0.4 is 10.9 Å². The minimum Gasteiger partial charge on any atom is -0.355 e. The molecule has 0 atom stereocenters. The number of hydrogen-bond acceptors (Lipinski definition) is 4. The molecular weight excluding hydrogens is 354 g/mol. The molecule has 0 radical (unpaired) electrons. The summed E-state index contributed by atoms with van der Waals surface area (Å²) in [5.74, 6) is 0.637. The summed E-state index contributed by atoms with van der Waals surface area (Å²) < 4.78 is 1.64. The fourth-order valence-corrected chi connectivity index (χ4v) is 4.92. The number of halogens is 1. The number of aryl methyl sites for hydroxylation is 2. The van der Waals surface area contributed by atoms with Gasteiger partial charge in [0.25, 0.3) is 5.56 Å². The van der Waals surface area contributed by atoms with Gasteiger partial charge in [-0.2, -0.15) is 0 Å². The molecular formula is C19H20ClN3OS. The number of hydrogen-bond donors (Lipinski definition) is 1. The number of thiophene rings is 1. The first-order valence-corrected chi connectivity index (χ1v) is 9.82. The Morgan fingerprint density at radius 3 is 3.00 bits per heavy atom. The molecule has 2 heterocycles. The van der Waals surface area contributed by atoms with E-state index in [0.29, 0.717) is 12.5 Å². The van der Waals surface area contributed by atoms with E-state index in [4.69, 9.17) is 16.6 Å². The van der Waals surface area contributed by atoms with E-state index in [-0.39, 0.29) is 5.56 Å². The van der Waals surface area contributed by atoms with E-state index in [2.05, 4.69) is 11.4 Å². The molecule has 1 N–H and O–H groups in total. The van der Waals surface area contributed by atoms with Crippen LogP contribution in [0, 0.1) is 0 Å². The molecule has 0 bridgehead atoms. The average molecular weight is 374 g/mol. The van der Waals surface area contributed by atoms with E-state index in [1.54, 1.807) is 23.0 Å². The zero-order valence-corrected chi connectivity index (χ0v) is 15.7. The molecule has 0 unspecified atom stereocenters. The third-order valence-electron chi connectivity index (χ3n) is 4.78. The highest BCUT2D eigenvalue weighted by atomic mass is 35.5. The van der Waals surface area contributed by atoms with Crippen LogP contribution in [0.15, 0.2) is 29.1 Å². The van der Waals surface area contributed by atoms with Gasteiger partial charge in [-0.15, -0.1) is 11.3 Å². The van der Waals surface area contributed by atoms with Crippen molar-refractivity contribution in [3.8, 4) is 0 Å². The summed E-state index contributed by atoms with van der Waals surface area (Å²) in [4.78, 5) is 19.8. The zero-order chi connectivity index (χ0) is 17.4. The van der Waals surface area contributed by atoms with Crippen LogP contribution in [0.5, 0.6) is 0 Å². The van der Waals surface area contributed by atoms with Gasteiger partial charge in [0.15, 0.2) is 0 Å². The highest BCUT2D eigenvalue weighted by Gasteiger charge is 2.20. The van der Waals surface area contributed by atoms with Gasteiger partial charge in [0.2, 0.25) is 5.95 Å². The summed E-state index contributed by atoms with van der Waals surface area (Å²) in [6.45, 7) is 0.706. The van der Waals surface area contributed by atoms with E-state index >= 15 is 0 Å². The van der Waals surface area contributed by atoms with E-state index in [9.17, 15) is 4.79 Å². The van der Waals surface area contributed by atoms with Crippen molar-refractivity contribution in [2.75, 3.05) is 11.9 Å². The molecule has 130 valence electrons. The first-order chi connectivity index (χ1) is 12.1. The number of anilines is 1. The number of fused-ring (bicyclic) bond motifs is 3. The number of aromatic nitrogens is 2. The van der Waals surface area contributed by atoms with Crippen LogP contribution in [0.1, 0.15) is 28.8 Å². The van der Waals surface area contributed by atoms with Crippen LogP contribution in [-0.2, 0) is 26.3 Å². The molecule has 1 aliphatic rings. The minimum absolute atomic E-state index is 0.0645. The molecule has 0 saturated heterocycles. The van der Waals surface area contributed by atoms with E-state index in [1.165, 1.54) is 23.3 Å². The maximum Gasteiger partial charge on any atom is 0.263 e. The summed E-state index contributed by atoms with van der Waals surface area (Å²) >= 11 is 7.71. The normalized spacial score (nSPS) is 13.8. The van der Waals surface area contributed by atoms with Crippen LogP contribution in [0.3, 0.4) is 0 Å². The van der Waals surface area contributed by atoms with E-state index in [0.717, 1.165) is 40.1 Å². The van der Waals surface area contributed by atoms with Crippen LogP contribution >= 0.6 is 22.9 Å². The number of nitrogens with zero attached hydrogens (tertiary/aromatic N) is 2. The smallest absolute Gasteiger partial charge is 0.263 e. The topological polar surface area (TPSA) is 46.9 Å². The standard InChI is InChI=1S/C19H20ClN3OS/c1-23-18(24)16-14-7-2-3-8-15(14)25-17(16)22-19(23)21-10-9-12-5-4-6-13(20)11-12/h4-6,11H,2-3,7-10H2,1H3,(H,21,22). The van der Waals surface area contributed by atoms with Crippen molar-refractivity contribution < 1.29 is 0 Å². The number of benzene rings is 1. The monoisotopic (exact) mass is 373 g/mol. The van der Waals surface area contributed by atoms with Crippen LogP contribution in [0.4, 0.5) is 5.95 Å². The molecule has 0 amide bonds. The Labute approximate surface area is 155 Å². The highest BCUT2D eigenvalue weighted by molar-refractivity contribution is 7.18. The van der Waals surface area contributed by atoms with E-state index in [1.807, 2.05) is 18.2 Å². The van der Waals surface area contributed by atoms with Gasteiger partial charge in [0.1, 0.15) is 4.83 Å². The fraction of sp³-hybridized carbons (Fsp3) is 0.368. The van der Waals surface area contributed by atoms with Crippen molar-refractivity contribution in [2.24, 2.45) is 7.05 Å². The maximum atomic E-state index is 12.8. The third kappa shape index (κ3) is 3.18. The van der Waals surface area contributed by atoms with Gasteiger partial charge in [0, 0.05) is 23.5 Å². The maximum absolute atomic E-state index is 12.8. The summed E-state index contributed by atoms with van der Waals surface area (Å²) in [5.41, 5.74) is 2.47. The lowest BCUT2D eigenvalue weighted by Gasteiger charge is -2.12. The second kappa shape index (κ2) is 6.81. The Bertz CT molecular complexity index is 992. The van der Waals surface area contributed by atoms with Crippen LogP contribution in [0.2, 0.25) is 5.02 Å². The second-order valence-electron chi connectivity index (χ2n) is 6.50. The Balaban J connectivity index is 1.60. The average Bonchev–Trinajstić information content (AvgIpc) is 2.97. The van der Waals surface area contributed by atoms with Crippen molar-refractivity contribution in [1.82, 2.24) is 9.55 Å². The van der Waals surface area contributed by atoms with Gasteiger partial charge in [-0.05, 0) is 55.4 Å². The molecule has 1 aliphatic carbocycles. The number of rotatable bonds is 4. The highest BCUT2D eigenvalue weighted by Crippen LogP contribution is 2.34. The van der Waals surface area contributed by atoms with Crippen molar-refractivity contribution in [2.45, 2.75) is 32.1 Å². The van der Waals surface area contributed by atoms with Crippen molar-refractivity contribution in [1.29, 1.82) is 0 Å². The lowest BCUT2D eigenvalue weighted by Crippen LogP contribution is -2.23. The molecule has 0 spiro atoms. The van der Waals surface area contributed by atoms with Gasteiger partial charge < -0.3 is 5.32 Å². The molecule has 0 saturated carbocycles. The fourth-order valence-electron chi connectivity index (χ4n) is 3.46. The quantitative estimate of drug-likeness (QED) is 0.746. The van der Waals surface area contributed by atoms with E-state index < -0.39 is 0 Å². The Morgan fingerprint density at radius 1 is 1.32 bits per heavy atom. The summed E-state index contributed by atoms with van der Waals surface area (Å²) in [7, 11) is 1.80. The molecule has 1 aromatic carbocycles. The van der Waals surface area contributed by atoms with Gasteiger partial charge in [-0.25, -0.2) is 4.98 Å². The lowest BCUT2D eigenvalue weighted by molar-refractivity contribution is 0.699. The van der Waals surface area contributed by atoms with Crippen LogP contribution in [-0.4, -0.2) is 16.1 Å². The first kappa shape index (κ1) is 16.6. The third-order valence-corrected chi connectivity index (χ3v) is 6.20. The van der Waals surface area contributed by atoms with Crippen LogP contribution in [0.25, 0.3) is 10.2 Å². The Hall–Kier alpha value is -1.85. The molecule has 6 heteroatoms. The minimum atomic E-state index is 0.0645. The number of nitrogens with one attached hydrogen (secondary N) is 1. The summed E-state index contributed by atoms with van der Waals surface area (Å²) in [6.07, 6.45) is 5.30. The molecule has 3 aromatic rings. The first-order valence-electron chi connectivity index (χ1n) is 8.63. The Kier molecular flexibility index (Phi) is 4.52. The molecule has 4 nitrogen and oxygen atoms in total. The largest absolute Gasteiger partial charge is 0.355 e. The molecule has 4 rings (SSSR count). The summed E-state index contributed by atoms with van der Waals surface area (Å²) in [6, 6.07) is 7.84. The van der Waals surface area contributed by atoms with Gasteiger partial charge in [0.05, 0.1) is 5.39 Å². The van der Waals surface area contributed by atoms with Crippen molar-refractivity contribution in [3.63, 3.8) is 0 Å². The molecule has 2 aromatic heterocycles. The molecule has 0 aliphatic heterocycles. The predicted molar refractivity (Wildman–Crippen MR) is 105 cm³/mol. The SMILES string of the molecule is Cn1c(NCCc2cccc(Cl)c2)nc2sc3c(c2c1=O)CCCC3. The second-order valence-corrected chi connectivity index (χ2v) is 8.02. The molecule has 0 fully saturated rings.